The van der Waals surface area contributed by atoms with E-state index in [1.807, 2.05) is 32.0 Å². The minimum absolute atomic E-state index is 0.231. The first-order valence-corrected chi connectivity index (χ1v) is 5.34. The van der Waals surface area contributed by atoms with Crippen molar-refractivity contribution in [3.8, 4) is 5.75 Å². The number of hydrogen-bond acceptors (Lipinski definition) is 2. The van der Waals surface area contributed by atoms with Crippen molar-refractivity contribution in [2.75, 3.05) is 11.9 Å². The van der Waals surface area contributed by atoms with Crippen LogP contribution in [0.1, 0.15) is 18.9 Å². The zero-order valence-corrected chi connectivity index (χ0v) is 9.75. The van der Waals surface area contributed by atoms with E-state index in [1.54, 1.807) is 0 Å². The van der Waals surface area contributed by atoms with Crippen molar-refractivity contribution in [2.45, 2.75) is 20.3 Å². The Morgan fingerprint density at radius 2 is 2.31 bits per heavy atom. The fourth-order valence-electron chi connectivity index (χ4n) is 1.25. The van der Waals surface area contributed by atoms with Gasteiger partial charge in [0.1, 0.15) is 5.75 Å². The summed E-state index contributed by atoms with van der Waals surface area (Å²) in [6.07, 6.45) is 2.17. The Morgan fingerprint density at radius 1 is 1.56 bits per heavy atom. The number of nitrogens with one attached hydrogen (secondary N) is 1. The summed E-state index contributed by atoms with van der Waals surface area (Å²) in [6.45, 7) is 8.08. The summed E-state index contributed by atoms with van der Waals surface area (Å²) >= 11 is 0. The minimum atomic E-state index is -0.231. The summed E-state index contributed by atoms with van der Waals surface area (Å²) < 4.78 is 5.56. The van der Waals surface area contributed by atoms with Crippen LogP contribution in [0.4, 0.5) is 5.69 Å². The molecule has 1 N–H and O–H groups in total. The number of carbonyl (C=O) groups is 1. The van der Waals surface area contributed by atoms with Crippen molar-refractivity contribution in [3.05, 3.63) is 36.4 Å². The molecular formula is C13H17NO2. The summed E-state index contributed by atoms with van der Waals surface area (Å²) in [4.78, 5) is 11.2. The Balaban J connectivity index is 2.88. The molecule has 0 fully saturated rings. The van der Waals surface area contributed by atoms with Crippen LogP contribution in [-0.4, -0.2) is 12.5 Å². The quantitative estimate of drug-likeness (QED) is 0.773. The predicted molar refractivity (Wildman–Crippen MR) is 65.8 cm³/mol. The van der Waals surface area contributed by atoms with E-state index in [0.29, 0.717) is 18.0 Å². The molecule has 0 heterocycles. The van der Waals surface area contributed by atoms with Gasteiger partial charge in [0.25, 0.3) is 0 Å². The van der Waals surface area contributed by atoms with E-state index in [-0.39, 0.29) is 5.91 Å². The average Bonchev–Trinajstić information content (AvgIpc) is 2.29. The van der Waals surface area contributed by atoms with Crippen molar-refractivity contribution < 1.29 is 9.53 Å². The lowest BCUT2D eigenvalue weighted by molar-refractivity contribution is -0.111. The largest absolute Gasteiger partial charge is 0.491 e. The van der Waals surface area contributed by atoms with Crippen molar-refractivity contribution in [1.29, 1.82) is 0 Å². The maximum absolute atomic E-state index is 11.2. The standard InChI is InChI=1S/C13H17NO2/c1-4-8-16-12-9-10(3)6-7-11(12)14-13(15)5-2/h5-7,9H,2,4,8H2,1,3H3,(H,14,15). The third kappa shape index (κ3) is 3.42. The number of ether oxygens (including phenoxy) is 1. The molecule has 0 saturated heterocycles. The topological polar surface area (TPSA) is 38.3 Å². The molecule has 0 atom stereocenters. The Hall–Kier alpha value is -1.77. The van der Waals surface area contributed by atoms with E-state index in [4.69, 9.17) is 4.74 Å². The maximum atomic E-state index is 11.2. The SMILES string of the molecule is C=CC(=O)Nc1ccc(C)cc1OCCC. The summed E-state index contributed by atoms with van der Waals surface area (Å²) in [5.74, 6) is 0.474. The van der Waals surface area contributed by atoms with Gasteiger partial charge in [0.05, 0.1) is 12.3 Å². The van der Waals surface area contributed by atoms with Gasteiger partial charge in [0, 0.05) is 0 Å². The molecular weight excluding hydrogens is 202 g/mol. The first-order chi connectivity index (χ1) is 7.67. The van der Waals surface area contributed by atoms with E-state index in [0.717, 1.165) is 12.0 Å². The summed E-state index contributed by atoms with van der Waals surface area (Å²) in [5.41, 5.74) is 1.78. The highest BCUT2D eigenvalue weighted by atomic mass is 16.5. The van der Waals surface area contributed by atoms with E-state index in [1.165, 1.54) is 6.08 Å². The monoisotopic (exact) mass is 219 g/mol. The highest BCUT2D eigenvalue weighted by Crippen LogP contribution is 2.25. The van der Waals surface area contributed by atoms with Gasteiger partial charge in [-0.05, 0) is 37.1 Å². The third-order valence-electron chi connectivity index (χ3n) is 2.04. The van der Waals surface area contributed by atoms with E-state index >= 15 is 0 Å². The van der Waals surface area contributed by atoms with Crippen LogP contribution >= 0.6 is 0 Å². The lowest BCUT2D eigenvalue weighted by Crippen LogP contribution is -2.09. The molecule has 0 saturated carbocycles. The molecule has 0 aliphatic carbocycles. The van der Waals surface area contributed by atoms with Crippen LogP contribution in [0.5, 0.6) is 5.75 Å². The van der Waals surface area contributed by atoms with E-state index < -0.39 is 0 Å². The smallest absolute Gasteiger partial charge is 0.247 e. The molecule has 0 spiro atoms. The van der Waals surface area contributed by atoms with Crippen LogP contribution in [0.15, 0.2) is 30.9 Å². The van der Waals surface area contributed by atoms with Crippen LogP contribution in [-0.2, 0) is 4.79 Å². The molecule has 3 nitrogen and oxygen atoms in total. The maximum Gasteiger partial charge on any atom is 0.247 e. The molecule has 0 aromatic heterocycles. The molecule has 1 rings (SSSR count). The van der Waals surface area contributed by atoms with Gasteiger partial charge in [0.2, 0.25) is 5.91 Å². The highest BCUT2D eigenvalue weighted by molar-refractivity contribution is 5.99. The van der Waals surface area contributed by atoms with Gasteiger partial charge >= 0.3 is 0 Å². The number of rotatable bonds is 5. The number of aryl methyl sites for hydroxylation is 1. The zero-order chi connectivity index (χ0) is 12.0. The van der Waals surface area contributed by atoms with Crippen LogP contribution in [0, 0.1) is 6.92 Å². The second kappa shape index (κ2) is 5.95. The molecule has 0 aliphatic rings. The second-order valence-electron chi connectivity index (χ2n) is 3.54. The fourth-order valence-corrected chi connectivity index (χ4v) is 1.25. The fraction of sp³-hybridized carbons (Fsp3) is 0.308. The lowest BCUT2D eigenvalue weighted by Gasteiger charge is -2.11. The number of hydrogen-bond donors (Lipinski definition) is 1. The van der Waals surface area contributed by atoms with Crippen LogP contribution < -0.4 is 10.1 Å². The lowest BCUT2D eigenvalue weighted by atomic mass is 10.2. The number of benzene rings is 1. The van der Waals surface area contributed by atoms with Crippen molar-refractivity contribution >= 4 is 11.6 Å². The normalized spacial score (nSPS) is 9.62. The molecule has 1 aromatic carbocycles. The molecule has 3 heteroatoms. The first kappa shape index (κ1) is 12.3. The number of amides is 1. The minimum Gasteiger partial charge on any atom is -0.491 e. The van der Waals surface area contributed by atoms with Gasteiger partial charge < -0.3 is 10.1 Å². The summed E-state index contributed by atoms with van der Waals surface area (Å²) in [6, 6.07) is 5.67. The third-order valence-corrected chi connectivity index (χ3v) is 2.04. The highest BCUT2D eigenvalue weighted by Gasteiger charge is 2.05. The van der Waals surface area contributed by atoms with E-state index in [9.17, 15) is 4.79 Å². The Bertz CT molecular complexity index is 386. The van der Waals surface area contributed by atoms with Gasteiger partial charge in [-0.3, -0.25) is 4.79 Å². The zero-order valence-electron chi connectivity index (χ0n) is 9.75. The van der Waals surface area contributed by atoms with Gasteiger partial charge in [-0.2, -0.15) is 0 Å². The molecule has 0 unspecified atom stereocenters. The van der Waals surface area contributed by atoms with Crippen LogP contribution in [0.2, 0.25) is 0 Å². The Kier molecular flexibility index (Phi) is 4.58. The van der Waals surface area contributed by atoms with Crippen LogP contribution in [0.25, 0.3) is 0 Å². The summed E-state index contributed by atoms with van der Waals surface area (Å²) in [7, 11) is 0. The predicted octanol–water partition coefficient (Wildman–Crippen LogP) is 2.91. The number of carbonyl (C=O) groups excluding carboxylic acids is 1. The molecule has 16 heavy (non-hydrogen) atoms. The molecule has 0 bridgehead atoms. The van der Waals surface area contributed by atoms with Gasteiger partial charge in [-0.15, -0.1) is 0 Å². The number of anilines is 1. The van der Waals surface area contributed by atoms with Crippen molar-refractivity contribution in [1.82, 2.24) is 0 Å². The average molecular weight is 219 g/mol. The van der Waals surface area contributed by atoms with Crippen molar-refractivity contribution in [3.63, 3.8) is 0 Å². The molecule has 1 amide bonds. The molecule has 0 radical (unpaired) electrons. The molecule has 86 valence electrons. The second-order valence-corrected chi connectivity index (χ2v) is 3.54. The van der Waals surface area contributed by atoms with Gasteiger partial charge in [-0.1, -0.05) is 19.6 Å². The van der Waals surface area contributed by atoms with Gasteiger partial charge in [0.15, 0.2) is 0 Å². The Morgan fingerprint density at radius 3 is 2.94 bits per heavy atom. The van der Waals surface area contributed by atoms with E-state index in [2.05, 4.69) is 11.9 Å². The summed E-state index contributed by atoms with van der Waals surface area (Å²) in [5, 5.41) is 2.71. The van der Waals surface area contributed by atoms with Crippen LogP contribution in [0.3, 0.4) is 0 Å². The first-order valence-electron chi connectivity index (χ1n) is 5.34. The Labute approximate surface area is 96.1 Å². The van der Waals surface area contributed by atoms with Gasteiger partial charge in [-0.25, -0.2) is 0 Å². The van der Waals surface area contributed by atoms with Crippen molar-refractivity contribution in [2.24, 2.45) is 0 Å². The molecule has 0 aliphatic heterocycles. The molecule has 1 aromatic rings.